The Hall–Kier alpha value is -3.08. The molecular weight excluding hydrogens is 316 g/mol. The molecular formula is C20H18N2O3. The number of para-hydroxylation sites is 1. The van der Waals surface area contributed by atoms with Crippen molar-refractivity contribution in [3.8, 4) is 0 Å². The molecule has 0 unspecified atom stereocenters. The number of benzene rings is 2. The first-order valence-corrected chi connectivity index (χ1v) is 8.39. The molecule has 0 amide bonds. The van der Waals surface area contributed by atoms with Crippen LogP contribution >= 0.6 is 0 Å². The van der Waals surface area contributed by atoms with Crippen molar-refractivity contribution in [2.75, 3.05) is 0 Å². The maximum absolute atomic E-state index is 12.9. The van der Waals surface area contributed by atoms with Gasteiger partial charge in [0.15, 0.2) is 0 Å². The Morgan fingerprint density at radius 1 is 0.920 bits per heavy atom. The molecule has 5 nitrogen and oxygen atoms in total. The summed E-state index contributed by atoms with van der Waals surface area (Å²) in [5.41, 5.74) is 1.89. The topological polar surface area (TPSA) is 57.1 Å². The first-order valence-electron chi connectivity index (χ1n) is 8.39. The maximum atomic E-state index is 12.9. The fourth-order valence-electron chi connectivity index (χ4n) is 3.27. The lowest BCUT2D eigenvalue weighted by atomic mass is 10.1. The van der Waals surface area contributed by atoms with Crippen LogP contribution in [0.1, 0.15) is 12.5 Å². The predicted octanol–water partition coefficient (Wildman–Crippen LogP) is 3.17. The van der Waals surface area contributed by atoms with Gasteiger partial charge in [0.25, 0.3) is 5.56 Å². The van der Waals surface area contributed by atoms with Gasteiger partial charge in [0.05, 0.1) is 0 Å². The largest absolute Gasteiger partial charge is 0.449 e. The molecule has 25 heavy (non-hydrogen) atoms. The van der Waals surface area contributed by atoms with Crippen LogP contribution in [0.3, 0.4) is 0 Å². The molecule has 0 fully saturated rings. The Labute approximate surface area is 143 Å². The van der Waals surface area contributed by atoms with Crippen LogP contribution in [0, 0.1) is 0 Å². The lowest BCUT2D eigenvalue weighted by Gasteiger charge is -2.10. The first kappa shape index (κ1) is 15.4. The van der Waals surface area contributed by atoms with Crippen LogP contribution in [0.25, 0.3) is 22.1 Å². The SMILES string of the molecule is CCn1c(=O)n(CCc2ccccc2)c(=O)c2oc3ccccc3c21. The highest BCUT2D eigenvalue weighted by Crippen LogP contribution is 2.25. The molecule has 4 rings (SSSR count). The van der Waals surface area contributed by atoms with Gasteiger partial charge < -0.3 is 4.42 Å². The number of furan rings is 1. The number of hydrogen-bond acceptors (Lipinski definition) is 3. The summed E-state index contributed by atoms with van der Waals surface area (Å²) in [6.07, 6.45) is 0.617. The third-order valence-corrected chi connectivity index (χ3v) is 4.52. The van der Waals surface area contributed by atoms with Crippen molar-refractivity contribution in [2.24, 2.45) is 0 Å². The maximum Gasteiger partial charge on any atom is 0.331 e. The van der Waals surface area contributed by atoms with Gasteiger partial charge in [-0.1, -0.05) is 42.5 Å². The summed E-state index contributed by atoms with van der Waals surface area (Å²) >= 11 is 0. The molecule has 2 aromatic carbocycles. The minimum atomic E-state index is -0.364. The first-order chi connectivity index (χ1) is 12.2. The number of aromatic nitrogens is 2. The molecule has 2 aromatic heterocycles. The van der Waals surface area contributed by atoms with Crippen molar-refractivity contribution in [3.63, 3.8) is 0 Å². The van der Waals surface area contributed by atoms with Crippen molar-refractivity contribution >= 4 is 22.1 Å². The minimum Gasteiger partial charge on any atom is -0.449 e. The van der Waals surface area contributed by atoms with Crippen LogP contribution < -0.4 is 11.2 Å². The molecule has 0 aliphatic heterocycles. The van der Waals surface area contributed by atoms with E-state index >= 15 is 0 Å². The summed E-state index contributed by atoms with van der Waals surface area (Å²) < 4.78 is 8.68. The molecule has 126 valence electrons. The summed E-state index contributed by atoms with van der Waals surface area (Å²) in [7, 11) is 0. The fourth-order valence-corrected chi connectivity index (χ4v) is 3.27. The van der Waals surface area contributed by atoms with Crippen LogP contribution in [-0.2, 0) is 19.5 Å². The average Bonchev–Trinajstić information content (AvgIpc) is 3.03. The number of rotatable bonds is 4. The molecule has 2 heterocycles. The van der Waals surface area contributed by atoms with Crippen LogP contribution in [0.2, 0.25) is 0 Å². The Morgan fingerprint density at radius 2 is 1.64 bits per heavy atom. The smallest absolute Gasteiger partial charge is 0.331 e. The van der Waals surface area contributed by atoms with Gasteiger partial charge in [0, 0.05) is 18.5 Å². The molecule has 5 heteroatoms. The summed E-state index contributed by atoms with van der Waals surface area (Å²) in [4.78, 5) is 25.7. The number of hydrogen-bond donors (Lipinski definition) is 0. The van der Waals surface area contributed by atoms with Crippen LogP contribution in [0.5, 0.6) is 0 Å². The van der Waals surface area contributed by atoms with Crippen molar-refractivity contribution in [1.29, 1.82) is 0 Å². The Bertz CT molecular complexity index is 1170. The number of fused-ring (bicyclic) bond motifs is 3. The molecule has 0 saturated carbocycles. The Balaban J connectivity index is 1.92. The zero-order valence-corrected chi connectivity index (χ0v) is 13.9. The van der Waals surface area contributed by atoms with Gasteiger partial charge in [-0.05, 0) is 31.0 Å². The summed E-state index contributed by atoms with van der Waals surface area (Å²) in [5, 5.41) is 0.795. The van der Waals surface area contributed by atoms with E-state index < -0.39 is 0 Å². The molecule has 0 spiro atoms. The van der Waals surface area contributed by atoms with Crippen LogP contribution in [0.15, 0.2) is 68.6 Å². The molecule has 0 N–H and O–H groups in total. The molecule has 0 bridgehead atoms. The second-order valence-corrected chi connectivity index (χ2v) is 6.00. The lowest BCUT2D eigenvalue weighted by Crippen LogP contribution is -2.40. The van der Waals surface area contributed by atoms with Crippen LogP contribution in [0.4, 0.5) is 0 Å². The van der Waals surface area contributed by atoms with Gasteiger partial charge in [-0.25, -0.2) is 4.79 Å². The van der Waals surface area contributed by atoms with E-state index in [1.807, 2.05) is 61.5 Å². The van der Waals surface area contributed by atoms with Gasteiger partial charge >= 0.3 is 5.69 Å². The van der Waals surface area contributed by atoms with E-state index in [1.165, 1.54) is 4.57 Å². The Morgan fingerprint density at radius 3 is 2.40 bits per heavy atom. The van der Waals surface area contributed by atoms with Crippen molar-refractivity contribution in [2.45, 2.75) is 26.4 Å². The van der Waals surface area contributed by atoms with E-state index in [0.29, 0.717) is 30.6 Å². The minimum absolute atomic E-state index is 0.246. The third-order valence-electron chi connectivity index (χ3n) is 4.52. The second-order valence-electron chi connectivity index (χ2n) is 6.00. The Kier molecular flexibility index (Phi) is 3.76. The van der Waals surface area contributed by atoms with E-state index in [2.05, 4.69) is 0 Å². The summed E-state index contributed by atoms with van der Waals surface area (Å²) in [5.74, 6) is 0. The predicted molar refractivity (Wildman–Crippen MR) is 98.1 cm³/mol. The van der Waals surface area contributed by atoms with E-state index in [1.54, 1.807) is 4.57 Å². The van der Waals surface area contributed by atoms with Crippen molar-refractivity contribution < 1.29 is 4.42 Å². The van der Waals surface area contributed by atoms with E-state index in [0.717, 1.165) is 10.9 Å². The molecule has 0 aliphatic carbocycles. The van der Waals surface area contributed by atoms with Gasteiger partial charge in [-0.3, -0.25) is 13.9 Å². The van der Waals surface area contributed by atoms with E-state index in [9.17, 15) is 9.59 Å². The normalized spacial score (nSPS) is 11.4. The zero-order valence-electron chi connectivity index (χ0n) is 13.9. The highest BCUT2D eigenvalue weighted by atomic mass is 16.3. The van der Waals surface area contributed by atoms with Gasteiger partial charge in [-0.15, -0.1) is 0 Å². The zero-order chi connectivity index (χ0) is 17.4. The number of aryl methyl sites for hydroxylation is 2. The molecule has 0 aliphatic rings. The van der Waals surface area contributed by atoms with Crippen molar-refractivity contribution in [1.82, 2.24) is 9.13 Å². The standard InChI is InChI=1S/C20H18N2O3/c1-2-21-17-15-10-6-7-11-16(15)25-18(17)19(23)22(20(21)24)13-12-14-8-4-3-5-9-14/h3-11H,2,12-13H2,1H3. The van der Waals surface area contributed by atoms with Gasteiger partial charge in [-0.2, -0.15) is 0 Å². The second kappa shape index (κ2) is 6.09. The van der Waals surface area contributed by atoms with E-state index in [4.69, 9.17) is 4.42 Å². The average molecular weight is 334 g/mol. The quantitative estimate of drug-likeness (QED) is 0.576. The number of nitrogens with zero attached hydrogens (tertiary/aromatic N) is 2. The summed E-state index contributed by atoms with van der Waals surface area (Å²) in [6.45, 7) is 2.70. The molecule has 0 radical (unpaired) electrons. The van der Waals surface area contributed by atoms with Gasteiger partial charge in [0.2, 0.25) is 5.58 Å². The highest BCUT2D eigenvalue weighted by Gasteiger charge is 2.18. The van der Waals surface area contributed by atoms with Crippen molar-refractivity contribution in [3.05, 3.63) is 81.0 Å². The molecule has 0 saturated heterocycles. The van der Waals surface area contributed by atoms with Gasteiger partial charge in [0.1, 0.15) is 11.1 Å². The lowest BCUT2D eigenvalue weighted by molar-refractivity contribution is 0.564. The van der Waals surface area contributed by atoms with E-state index in [-0.39, 0.29) is 16.8 Å². The summed E-state index contributed by atoms with van der Waals surface area (Å²) in [6, 6.07) is 17.2. The fraction of sp³-hybridized carbons (Fsp3) is 0.200. The third kappa shape index (κ3) is 2.48. The molecule has 4 aromatic rings. The van der Waals surface area contributed by atoms with Crippen LogP contribution in [-0.4, -0.2) is 9.13 Å². The molecule has 0 atom stereocenters. The monoisotopic (exact) mass is 334 g/mol. The highest BCUT2D eigenvalue weighted by molar-refractivity contribution is 6.02.